The lowest BCUT2D eigenvalue weighted by molar-refractivity contribution is 0.380. The Hall–Kier alpha value is -2.32. The summed E-state index contributed by atoms with van der Waals surface area (Å²) in [5, 5.41) is 7.41. The predicted octanol–water partition coefficient (Wildman–Crippen LogP) is 5.12. The van der Waals surface area contributed by atoms with Crippen LogP contribution in [0.4, 0.5) is 23.5 Å². The van der Waals surface area contributed by atoms with Crippen LogP contribution in [0.5, 0.6) is 5.75 Å². The van der Waals surface area contributed by atoms with E-state index in [1.54, 1.807) is 7.11 Å². The van der Waals surface area contributed by atoms with Crippen molar-refractivity contribution in [1.82, 2.24) is 15.0 Å². The molecule has 0 aliphatic heterocycles. The van der Waals surface area contributed by atoms with Crippen molar-refractivity contribution in [3.05, 3.63) is 23.2 Å². The Morgan fingerprint density at radius 1 is 1.00 bits per heavy atom. The lowest BCUT2D eigenvalue weighted by atomic mass is 9.91. The number of aromatic nitrogens is 3. The lowest BCUT2D eigenvalue weighted by Gasteiger charge is -2.34. The van der Waals surface area contributed by atoms with Gasteiger partial charge in [0.05, 0.1) is 12.1 Å². The van der Waals surface area contributed by atoms with Gasteiger partial charge in [-0.15, -0.1) is 0 Å². The quantitative estimate of drug-likeness (QED) is 0.476. The van der Waals surface area contributed by atoms with Gasteiger partial charge in [-0.25, -0.2) is 0 Å². The molecular weight excluding hydrogens is 438 g/mol. The number of nitrogens with one attached hydrogen (secondary N) is 2. The van der Waals surface area contributed by atoms with Crippen LogP contribution in [-0.2, 0) is 0 Å². The maximum absolute atomic E-state index is 6.32. The molecule has 0 spiro atoms. The van der Waals surface area contributed by atoms with Gasteiger partial charge in [-0.3, -0.25) is 0 Å². The molecule has 0 radical (unpaired) electrons. The molecule has 4 rings (SSSR count). The average Bonchev–Trinajstić information content (AvgIpc) is 3.07. The molecule has 4 N–H and O–H groups in total. The van der Waals surface area contributed by atoms with Crippen LogP contribution in [0.2, 0.25) is 5.02 Å². The van der Waals surface area contributed by atoms with Gasteiger partial charge >= 0.3 is 0 Å². The van der Waals surface area contributed by atoms with Gasteiger partial charge in [0.15, 0.2) is 0 Å². The van der Waals surface area contributed by atoms with Crippen LogP contribution in [0, 0.1) is 0 Å². The molecule has 2 atom stereocenters. The third kappa shape index (κ3) is 6.38. The van der Waals surface area contributed by atoms with Gasteiger partial charge in [0.1, 0.15) is 5.75 Å². The minimum absolute atomic E-state index is 0.232. The molecule has 9 heteroatoms. The first kappa shape index (κ1) is 23.8. The van der Waals surface area contributed by atoms with E-state index in [4.69, 9.17) is 37.0 Å². The summed E-state index contributed by atoms with van der Waals surface area (Å²) in [6, 6.07) is 6.48. The summed E-state index contributed by atoms with van der Waals surface area (Å²) in [5.74, 6) is 2.38. The molecule has 2 aromatic rings. The Kier molecular flexibility index (Phi) is 8.09. The molecule has 2 fully saturated rings. The van der Waals surface area contributed by atoms with Crippen molar-refractivity contribution in [3.63, 3.8) is 0 Å². The highest BCUT2D eigenvalue weighted by molar-refractivity contribution is 6.32. The highest BCUT2D eigenvalue weighted by atomic mass is 35.5. The first-order valence-corrected chi connectivity index (χ1v) is 12.5. The molecule has 2 unspecified atom stereocenters. The zero-order valence-electron chi connectivity index (χ0n) is 19.7. The van der Waals surface area contributed by atoms with Crippen LogP contribution in [0.15, 0.2) is 18.2 Å². The Morgan fingerprint density at radius 2 is 1.76 bits per heavy atom. The number of ether oxygens (including phenoxy) is 1. The number of nitrogens with two attached hydrogens (primary N) is 1. The number of anilines is 4. The Morgan fingerprint density at radius 3 is 2.45 bits per heavy atom. The molecule has 1 aromatic heterocycles. The zero-order valence-corrected chi connectivity index (χ0v) is 20.4. The number of methoxy groups -OCH3 is 1. The largest absolute Gasteiger partial charge is 0.495 e. The maximum atomic E-state index is 6.32. The first-order valence-electron chi connectivity index (χ1n) is 12.1. The van der Waals surface area contributed by atoms with Crippen LogP contribution >= 0.6 is 11.6 Å². The van der Waals surface area contributed by atoms with E-state index >= 15 is 0 Å². The van der Waals surface area contributed by atoms with Gasteiger partial charge in [-0.1, -0.05) is 37.3 Å². The number of benzene rings is 1. The Labute approximate surface area is 201 Å². The summed E-state index contributed by atoms with van der Waals surface area (Å²) < 4.78 is 5.26. The summed E-state index contributed by atoms with van der Waals surface area (Å²) >= 11 is 6.32. The Bertz CT molecular complexity index is 920. The first-order chi connectivity index (χ1) is 16.0. The molecule has 0 amide bonds. The minimum Gasteiger partial charge on any atom is -0.495 e. The van der Waals surface area contributed by atoms with Crippen molar-refractivity contribution in [2.45, 2.75) is 82.3 Å². The second kappa shape index (κ2) is 11.2. The SMILES string of the molecule is COc1ccc(Nc2nc(NC3CCCCCC3)nc(N(C)C3CCCC(N)C3)n2)cc1Cl. The Balaban J connectivity index is 1.59. The van der Waals surface area contributed by atoms with Crippen molar-refractivity contribution in [2.75, 3.05) is 29.7 Å². The second-order valence-electron chi connectivity index (χ2n) is 9.28. The maximum Gasteiger partial charge on any atom is 0.233 e. The van der Waals surface area contributed by atoms with Gasteiger partial charge in [0.2, 0.25) is 17.8 Å². The molecule has 180 valence electrons. The zero-order chi connectivity index (χ0) is 23.2. The summed E-state index contributed by atoms with van der Waals surface area (Å²) in [5.41, 5.74) is 7.04. The smallest absolute Gasteiger partial charge is 0.233 e. The molecular formula is C24H36ClN7O. The van der Waals surface area contributed by atoms with Gasteiger partial charge in [0.25, 0.3) is 0 Å². The van der Waals surface area contributed by atoms with E-state index in [0.29, 0.717) is 40.7 Å². The fourth-order valence-corrected chi connectivity index (χ4v) is 5.10. The lowest BCUT2D eigenvalue weighted by Crippen LogP contribution is -2.41. The van der Waals surface area contributed by atoms with Gasteiger partial charge < -0.3 is 26.0 Å². The third-order valence-electron chi connectivity index (χ3n) is 6.77. The molecule has 0 bridgehead atoms. The van der Waals surface area contributed by atoms with E-state index in [-0.39, 0.29) is 6.04 Å². The number of hydrogen-bond acceptors (Lipinski definition) is 8. The van der Waals surface area contributed by atoms with Gasteiger partial charge in [-0.2, -0.15) is 15.0 Å². The molecule has 8 nitrogen and oxygen atoms in total. The number of nitrogens with zero attached hydrogens (tertiary/aromatic N) is 4. The molecule has 0 saturated heterocycles. The molecule has 2 saturated carbocycles. The van der Waals surface area contributed by atoms with Gasteiger partial charge in [0, 0.05) is 30.9 Å². The fourth-order valence-electron chi connectivity index (χ4n) is 4.84. The van der Waals surface area contributed by atoms with Crippen molar-refractivity contribution >= 4 is 35.1 Å². The fraction of sp³-hybridized carbons (Fsp3) is 0.625. The van der Waals surface area contributed by atoms with E-state index in [1.165, 1.54) is 25.7 Å². The van der Waals surface area contributed by atoms with Crippen molar-refractivity contribution in [2.24, 2.45) is 5.73 Å². The topological polar surface area (TPSA) is 101 Å². The minimum atomic E-state index is 0.232. The number of halogens is 1. The second-order valence-corrected chi connectivity index (χ2v) is 9.69. The van der Waals surface area contributed by atoms with E-state index in [1.807, 2.05) is 18.2 Å². The summed E-state index contributed by atoms with van der Waals surface area (Å²) in [7, 11) is 3.66. The number of hydrogen-bond donors (Lipinski definition) is 3. The van der Waals surface area contributed by atoms with Crippen LogP contribution in [0.25, 0.3) is 0 Å². The van der Waals surface area contributed by atoms with Crippen LogP contribution in [0.1, 0.15) is 64.2 Å². The van der Waals surface area contributed by atoms with Gasteiger partial charge in [-0.05, 0) is 56.7 Å². The summed E-state index contributed by atoms with van der Waals surface area (Å²) in [6.07, 6.45) is 11.6. The average molecular weight is 474 g/mol. The molecule has 2 aliphatic carbocycles. The van der Waals surface area contributed by atoms with E-state index in [2.05, 4.69) is 22.6 Å². The van der Waals surface area contributed by atoms with Crippen molar-refractivity contribution < 1.29 is 4.74 Å². The van der Waals surface area contributed by atoms with Crippen molar-refractivity contribution in [3.8, 4) is 5.75 Å². The van der Waals surface area contributed by atoms with Crippen LogP contribution < -0.4 is 26.0 Å². The highest BCUT2D eigenvalue weighted by Gasteiger charge is 2.25. The van der Waals surface area contributed by atoms with E-state index in [9.17, 15) is 0 Å². The number of rotatable bonds is 7. The van der Waals surface area contributed by atoms with E-state index < -0.39 is 0 Å². The van der Waals surface area contributed by atoms with E-state index in [0.717, 1.165) is 44.2 Å². The normalized spacial score (nSPS) is 21.8. The molecule has 1 aromatic carbocycles. The molecule has 1 heterocycles. The predicted molar refractivity (Wildman–Crippen MR) is 135 cm³/mol. The molecule has 2 aliphatic rings. The summed E-state index contributed by atoms with van der Waals surface area (Å²) in [6.45, 7) is 0. The summed E-state index contributed by atoms with van der Waals surface area (Å²) in [4.78, 5) is 16.4. The van der Waals surface area contributed by atoms with Crippen molar-refractivity contribution in [1.29, 1.82) is 0 Å². The monoisotopic (exact) mass is 473 g/mol. The highest BCUT2D eigenvalue weighted by Crippen LogP contribution is 2.30. The van der Waals surface area contributed by atoms with Crippen LogP contribution in [-0.4, -0.2) is 47.2 Å². The third-order valence-corrected chi connectivity index (χ3v) is 7.07. The van der Waals surface area contributed by atoms with Crippen LogP contribution in [0.3, 0.4) is 0 Å². The molecule has 33 heavy (non-hydrogen) atoms. The standard InChI is InChI=1S/C24H36ClN7O/c1-32(19-11-7-8-16(26)14-19)24-30-22(27-17-9-5-3-4-6-10-17)29-23(31-24)28-18-12-13-21(33-2)20(25)15-18/h12-13,15-17,19H,3-11,14,26H2,1-2H3,(H2,27,28,29,30,31).